The molecule has 0 unspecified atom stereocenters. The smallest absolute Gasteiger partial charge is 0.140 e. The number of thiophene rings is 1. The van der Waals surface area contributed by atoms with Gasteiger partial charge in [0.2, 0.25) is 0 Å². The standard InChI is InChI=1S/C20H16FNOS2.C2H6/c1-12-6-18(20(3)9-14(11-23)7-13(2)25-20)24-19(12)15-4-5-17(21)16(8-15)10-22;1-2/h4-6,8H,2,7,9H2,1,3H3;1-2H3/t20-;/m0./s1. The van der Waals surface area contributed by atoms with E-state index in [2.05, 4.69) is 25.5 Å². The van der Waals surface area contributed by atoms with Crippen LogP contribution in [0, 0.1) is 24.1 Å². The SMILES string of the molecule is C=C1CC(=C=O)C[C@@](C)(c2cc(C)c(-c3ccc(F)c(C#N)c3)s2)S1.CC. The van der Waals surface area contributed by atoms with Crippen molar-refractivity contribution in [1.29, 1.82) is 5.26 Å². The molecule has 27 heavy (non-hydrogen) atoms. The van der Waals surface area contributed by atoms with Crippen LogP contribution in [0.3, 0.4) is 0 Å². The molecule has 2 heterocycles. The first-order chi connectivity index (χ1) is 12.9. The number of nitriles is 1. The Morgan fingerprint density at radius 2 is 2.00 bits per heavy atom. The van der Waals surface area contributed by atoms with Crippen molar-refractivity contribution in [2.24, 2.45) is 0 Å². The number of hydrogen-bond donors (Lipinski definition) is 0. The van der Waals surface area contributed by atoms with Crippen molar-refractivity contribution >= 4 is 29.0 Å². The summed E-state index contributed by atoms with van der Waals surface area (Å²) in [6.45, 7) is 12.2. The van der Waals surface area contributed by atoms with E-state index in [0.29, 0.717) is 12.8 Å². The Morgan fingerprint density at radius 3 is 2.63 bits per heavy atom. The molecule has 0 bridgehead atoms. The van der Waals surface area contributed by atoms with Crippen LogP contribution < -0.4 is 0 Å². The summed E-state index contributed by atoms with van der Waals surface area (Å²) in [6, 6.07) is 8.62. The molecular formula is C22H22FNOS2. The summed E-state index contributed by atoms with van der Waals surface area (Å²) >= 11 is 3.31. The van der Waals surface area contributed by atoms with Crippen LogP contribution in [-0.4, -0.2) is 5.94 Å². The van der Waals surface area contributed by atoms with Crippen molar-refractivity contribution in [1.82, 2.24) is 0 Å². The fraction of sp³-hybridized carbons (Fsp3) is 0.318. The van der Waals surface area contributed by atoms with Gasteiger partial charge in [-0.2, -0.15) is 5.26 Å². The number of carbonyl (C=O) groups excluding carboxylic acids is 1. The maximum absolute atomic E-state index is 13.6. The Morgan fingerprint density at radius 1 is 1.30 bits per heavy atom. The average molecular weight is 400 g/mol. The Kier molecular flexibility index (Phi) is 6.84. The van der Waals surface area contributed by atoms with Crippen LogP contribution in [0.5, 0.6) is 0 Å². The molecule has 1 aliphatic heterocycles. The molecule has 5 heteroatoms. The lowest BCUT2D eigenvalue weighted by Gasteiger charge is -2.33. The number of halogens is 1. The van der Waals surface area contributed by atoms with Gasteiger partial charge in [0.25, 0.3) is 0 Å². The molecule has 1 aliphatic rings. The predicted molar refractivity (Wildman–Crippen MR) is 113 cm³/mol. The maximum atomic E-state index is 13.6. The summed E-state index contributed by atoms with van der Waals surface area (Å²) in [5, 5.41) is 9.06. The van der Waals surface area contributed by atoms with E-state index >= 15 is 0 Å². The van der Waals surface area contributed by atoms with Gasteiger partial charge in [0.15, 0.2) is 0 Å². The van der Waals surface area contributed by atoms with Crippen LogP contribution in [0.4, 0.5) is 4.39 Å². The molecule has 0 saturated carbocycles. The summed E-state index contributed by atoms with van der Waals surface area (Å²) in [5.74, 6) is 1.55. The zero-order valence-corrected chi connectivity index (χ0v) is 17.6. The molecule has 0 amide bonds. The van der Waals surface area contributed by atoms with Crippen LogP contribution in [0.15, 0.2) is 41.3 Å². The highest BCUT2D eigenvalue weighted by atomic mass is 32.2. The highest BCUT2D eigenvalue weighted by Crippen LogP contribution is 2.53. The number of nitrogens with zero attached hydrogens (tertiary/aromatic N) is 1. The molecular weight excluding hydrogens is 377 g/mol. The summed E-state index contributed by atoms with van der Waals surface area (Å²) in [7, 11) is 0. The largest absolute Gasteiger partial charge is 0.234 e. The van der Waals surface area contributed by atoms with E-state index in [-0.39, 0.29) is 10.3 Å². The van der Waals surface area contributed by atoms with Gasteiger partial charge in [-0.05, 0) is 54.5 Å². The second kappa shape index (κ2) is 8.71. The Hall–Kier alpha value is -2.12. The van der Waals surface area contributed by atoms with Gasteiger partial charge < -0.3 is 0 Å². The third kappa shape index (κ3) is 4.42. The van der Waals surface area contributed by atoms with E-state index in [9.17, 15) is 9.18 Å². The minimum atomic E-state index is -0.507. The molecule has 2 aromatic rings. The van der Waals surface area contributed by atoms with Crippen LogP contribution in [0.2, 0.25) is 0 Å². The minimum absolute atomic E-state index is 0.0460. The fourth-order valence-corrected chi connectivity index (χ4v) is 5.84. The van der Waals surface area contributed by atoms with Crippen LogP contribution >= 0.6 is 23.1 Å². The topological polar surface area (TPSA) is 40.9 Å². The molecule has 3 rings (SSSR count). The third-order valence-corrected chi connectivity index (χ3v) is 7.19. The lowest BCUT2D eigenvalue weighted by atomic mass is 9.96. The average Bonchev–Trinajstić information content (AvgIpc) is 3.06. The van der Waals surface area contributed by atoms with Crippen molar-refractivity contribution in [3.63, 3.8) is 0 Å². The Bertz CT molecular complexity index is 963. The van der Waals surface area contributed by atoms with E-state index in [0.717, 1.165) is 31.4 Å². The first-order valence-electron chi connectivity index (χ1n) is 8.77. The predicted octanol–water partition coefficient (Wildman–Crippen LogP) is 6.77. The summed E-state index contributed by atoms with van der Waals surface area (Å²) in [6.07, 6.45) is 1.25. The molecule has 1 aromatic carbocycles. The van der Waals surface area contributed by atoms with E-state index in [1.165, 1.54) is 6.07 Å². The molecule has 140 valence electrons. The molecule has 0 aliphatic carbocycles. The molecule has 0 N–H and O–H groups in total. The highest BCUT2D eigenvalue weighted by molar-refractivity contribution is 8.04. The second-order valence-corrected chi connectivity index (χ2v) is 9.09. The molecule has 0 spiro atoms. The zero-order chi connectivity index (χ0) is 20.2. The van der Waals surface area contributed by atoms with Crippen molar-refractivity contribution < 1.29 is 9.18 Å². The maximum Gasteiger partial charge on any atom is 0.140 e. The summed E-state index contributed by atoms with van der Waals surface area (Å²) in [4.78, 5) is 14.3. The van der Waals surface area contributed by atoms with Gasteiger partial charge in [0.05, 0.1) is 10.3 Å². The monoisotopic (exact) mass is 399 g/mol. The molecule has 1 saturated heterocycles. The van der Waals surface area contributed by atoms with Crippen LogP contribution in [-0.2, 0) is 9.54 Å². The lowest BCUT2D eigenvalue weighted by molar-refractivity contribution is 0.561. The third-order valence-electron chi connectivity index (χ3n) is 4.26. The van der Waals surface area contributed by atoms with Crippen molar-refractivity contribution in [2.75, 3.05) is 0 Å². The van der Waals surface area contributed by atoms with E-state index in [1.807, 2.05) is 26.8 Å². The number of allylic oxidation sites excluding steroid dienone is 2. The number of benzene rings is 1. The van der Waals surface area contributed by atoms with Gasteiger partial charge in [-0.1, -0.05) is 26.5 Å². The first-order valence-corrected chi connectivity index (χ1v) is 10.4. The molecule has 1 atom stereocenters. The Labute approximate surface area is 168 Å². The van der Waals surface area contributed by atoms with Crippen LogP contribution in [0.1, 0.15) is 49.6 Å². The fourth-order valence-electron chi connectivity index (χ4n) is 3.09. The number of hydrogen-bond acceptors (Lipinski definition) is 4. The van der Waals surface area contributed by atoms with Gasteiger partial charge in [-0.3, -0.25) is 0 Å². The van der Waals surface area contributed by atoms with E-state index in [4.69, 9.17) is 5.26 Å². The second-order valence-electron chi connectivity index (χ2n) is 6.36. The number of aryl methyl sites for hydroxylation is 1. The highest BCUT2D eigenvalue weighted by Gasteiger charge is 2.36. The Balaban J connectivity index is 0.00000126. The van der Waals surface area contributed by atoms with Crippen molar-refractivity contribution in [2.45, 2.75) is 45.3 Å². The molecule has 2 nitrogen and oxygen atoms in total. The van der Waals surface area contributed by atoms with Crippen molar-refractivity contribution in [3.05, 3.63) is 63.1 Å². The quantitative estimate of drug-likeness (QED) is 0.523. The molecule has 0 radical (unpaired) electrons. The first kappa shape index (κ1) is 21.2. The van der Waals surface area contributed by atoms with Gasteiger partial charge in [-0.15, -0.1) is 23.1 Å². The van der Waals surface area contributed by atoms with Crippen LogP contribution in [0.25, 0.3) is 10.4 Å². The number of thioether (sulfide) groups is 1. The van der Waals surface area contributed by atoms with Crippen molar-refractivity contribution in [3.8, 4) is 16.5 Å². The van der Waals surface area contributed by atoms with E-state index in [1.54, 1.807) is 35.2 Å². The lowest BCUT2D eigenvalue weighted by Crippen LogP contribution is -2.21. The van der Waals surface area contributed by atoms with Gasteiger partial charge in [0.1, 0.15) is 17.8 Å². The van der Waals surface area contributed by atoms with E-state index < -0.39 is 5.82 Å². The van der Waals surface area contributed by atoms with Gasteiger partial charge in [0, 0.05) is 21.7 Å². The normalized spacial score (nSPS) is 19.0. The minimum Gasteiger partial charge on any atom is -0.234 e. The van der Waals surface area contributed by atoms with Gasteiger partial charge in [-0.25, -0.2) is 9.18 Å². The summed E-state index contributed by atoms with van der Waals surface area (Å²) in [5.41, 5.74) is 2.70. The summed E-state index contributed by atoms with van der Waals surface area (Å²) < 4.78 is 13.3. The zero-order valence-electron chi connectivity index (χ0n) is 16.0. The number of rotatable bonds is 2. The molecule has 1 aromatic heterocycles. The van der Waals surface area contributed by atoms with Gasteiger partial charge >= 0.3 is 0 Å². The molecule has 1 fully saturated rings.